The summed E-state index contributed by atoms with van der Waals surface area (Å²) >= 11 is 5.90. The van der Waals surface area contributed by atoms with Gasteiger partial charge in [-0.25, -0.2) is 9.97 Å². The highest BCUT2D eigenvalue weighted by Gasteiger charge is 2.14. The van der Waals surface area contributed by atoms with Gasteiger partial charge in [-0.05, 0) is 39.4 Å². The van der Waals surface area contributed by atoms with Crippen LogP contribution in [0.1, 0.15) is 25.2 Å². The molecule has 4 nitrogen and oxygen atoms in total. The zero-order valence-corrected chi connectivity index (χ0v) is 13.5. The Morgan fingerprint density at radius 3 is 2.80 bits per heavy atom. The first-order chi connectivity index (χ1) is 9.54. The molecule has 0 atom stereocenters. The van der Waals surface area contributed by atoms with Gasteiger partial charge in [0, 0.05) is 37.6 Å². The SMILES string of the molecule is Cc1ccnc2c1nc(CCCl)n2CCN(C)C(C)C. The van der Waals surface area contributed by atoms with Crippen LogP contribution in [0.25, 0.3) is 11.2 Å². The van der Waals surface area contributed by atoms with Crippen molar-refractivity contribution in [3.63, 3.8) is 0 Å². The third-order valence-corrected chi connectivity index (χ3v) is 3.98. The summed E-state index contributed by atoms with van der Waals surface area (Å²) in [5.74, 6) is 1.62. The Morgan fingerprint density at radius 2 is 2.15 bits per heavy atom. The molecule has 110 valence electrons. The van der Waals surface area contributed by atoms with E-state index in [1.165, 1.54) is 5.56 Å². The van der Waals surface area contributed by atoms with Gasteiger partial charge < -0.3 is 9.47 Å². The number of rotatable bonds is 6. The van der Waals surface area contributed by atoms with Gasteiger partial charge in [0.05, 0.1) is 0 Å². The third-order valence-electron chi connectivity index (χ3n) is 3.79. The summed E-state index contributed by atoms with van der Waals surface area (Å²) < 4.78 is 2.21. The van der Waals surface area contributed by atoms with Crippen LogP contribution in [0, 0.1) is 6.92 Å². The van der Waals surface area contributed by atoms with Gasteiger partial charge in [-0.1, -0.05) is 0 Å². The Balaban J connectivity index is 2.34. The highest BCUT2D eigenvalue weighted by atomic mass is 35.5. The summed E-state index contributed by atoms with van der Waals surface area (Å²) in [6.07, 6.45) is 2.63. The zero-order chi connectivity index (χ0) is 14.7. The minimum absolute atomic E-state index is 0.538. The molecule has 0 fully saturated rings. The maximum atomic E-state index is 5.90. The van der Waals surface area contributed by atoms with Crippen LogP contribution >= 0.6 is 11.6 Å². The number of fused-ring (bicyclic) bond motifs is 1. The minimum Gasteiger partial charge on any atom is -0.311 e. The van der Waals surface area contributed by atoms with Crippen molar-refractivity contribution in [2.24, 2.45) is 0 Å². The number of likely N-dealkylation sites (N-methyl/N-ethyl adjacent to an activating group) is 1. The number of alkyl halides is 1. The van der Waals surface area contributed by atoms with Gasteiger partial charge in [0.25, 0.3) is 0 Å². The molecule has 0 aliphatic rings. The number of pyridine rings is 1. The molecule has 0 bridgehead atoms. The Morgan fingerprint density at radius 1 is 1.40 bits per heavy atom. The Hall–Kier alpha value is -1.13. The summed E-state index contributed by atoms with van der Waals surface area (Å²) in [5, 5.41) is 0. The van der Waals surface area contributed by atoms with Crippen LogP contribution in [0.2, 0.25) is 0 Å². The van der Waals surface area contributed by atoms with Crippen molar-refractivity contribution in [1.29, 1.82) is 0 Å². The van der Waals surface area contributed by atoms with Crippen molar-refractivity contribution >= 4 is 22.8 Å². The first-order valence-electron chi connectivity index (χ1n) is 7.11. The standard InChI is InChI=1S/C15H23ClN4/c1-11(2)19(4)9-10-20-13(5-7-16)18-14-12(3)6-8-17-15(14)20/h6,8,11H,5,7,9-10H2,1-4H3. The summed E-state index contributed by atoms with van der Waals surface area (Å²) in [6, 6.07) is 2.54. The molecule has 0 radical (unpaired) electrons. The molecule has 0 unspecified atom stereocenters. The fraction of sp³-hybridized carbons (Fsp3) is 0.600. The van der Waals surface area contributed by atoms with Gasteiger partial charge in [0.1, 0.15) is 11.3 Å². The fourth-order valence-corrected chi connectivity index (χ4v) is 2.38. The second-order valence-electron chi connectivity index (χ2n) is 5.49. The van der Waals surface area contributed by atoms with Gasteiger partial charge in [0.2, 0.25) is 0 Å². The van der Waals surface area contributed by atoms with Crippen molar-refractivity contribution in [2.75, 3.05) is 19.5 Å². The molecule has 2 aromatic heterocycles. The molecule has 2 aromatic rings. The van der Waals surface area contributed by atoms with Crippen LogP contribution in [0.4, 0.5) is 0 Å². The number of imidazole rings is 1. The van der Waals surface area contributed by atoms with E-state index in [1.807, 2.05) is 12.3 Å². The predicted molar refractivity (Wildman–Crippen MR) is 84.5 cm³/mol. The van der Waals surface area contributed by atoms with Crippen molar-refractivity contribution in [3.8, 4) is 0 Å². The first kappa shape index (κ1) is 15.3. The maximum absolute atomic E-state index is 5.90. The molecule has 0 saturated heterocycles. The molecule has 0 spiro atoms. The second-order valence-corrected chi connectivity index (χ2v) is 5.87. The summed E-state index contributed by atoms with van der Waals surface area (Å²) in [4.78, 5) is 11.6. The first-order valence-corrected chi connectivity index (χ1v) is 7.65. The molecular weight excluding hydrogens is 272 g/mol. The van der Waals surface area contributed by atoms with Gasteiger partial charge in [-0.2, -0.15) is 0 Å². The lowest BCUT2D eigenvalue weighted by Crippen LogP contribution is -2.30. The second kappa shape index (κ2) is 6.55. The highest BCUT2D eigenvalue weighted by Crippen LogP contribution is 2.18. The quantitative estimate of drug-likeness (QED) is 0.768. The smallest absolute Gasteiger partial charge is 0.160 e. The van der Waals surface area contributed by atoms with Crippen LogP contribution in [-0.4, -0.2) is 44.9 Å². The van der Waals surface area contributed by atoms with Crippen LogP contribution in [0.5, 0.6) is 0 Å². The molecule has 0 aliphatic heterocycles. The summed E-state index contributed by atoms with van der Waals surface area (Å²) in [7, 11) is 2.14. The number of hydrogen-bond acceptors (Lipinski definition) is 3. The molecule has 0 aliphatic carbocycles. The lowest BCUT2D eigenvalue weighted by molar-refractivity contribution is 0.263. The number of hydrogen-bond donors (Lipinski definition) is 0. The van der Waals surface area contributed by atoms with E-state index >= 15 is 0 Å². The van der Waals surface area contributed by atoms with E-state index in [0.29, 0.717) is 11.9 Å². The van der Waals surface area contributed by atoms with E-state index in [9.17, 15) is 0 Å². The number of halogens is 1. The third kappa shape index (κ3) is 3.13. The Bertz CT molecular complexity index is 577. The monoisotopic (exact) mass is 294 g/mol. The maximum Gasteiger partial charge on any atom is 0.160 e. The molecule has 2 heterocycles. The average Bonchev–Trinajstić information content (AvgIpc) is 2.76. The predicted octanol–water partition coefficient (Wildman–Crippen LogP) is 2.86. The van der Waals surface area contributed by atoms with Crippen molar-refractivity contribution in [2.45, 2.75) is 39.8 Å². The van der Waals surface area contributed by atoms with Crippen molar-refractivity contribution in [3.05, 3.63) is 23.7 Å². The molecule has 5 heteroatoms. The van der Waals surface area contributed by atoms with Crippen LogP contribution < -0.4 is 0 Å². The number of aromatic nitrogens is 3. The van der Waals surface area contributed by atoms with Gasteiger partial charge in [-0.15, -0.1) is 11.6 Å². The van der Waals surface area contributed by atoms with E-state index < -0.39 is 0 Å². The average molecular weight is 295 g/mol. The molecule has 0 amide bonds. The summed E-state index contributed by atoms with van der Waals surface area (Å²) in [6.45, 7) is 8.36. The molecule has 2 rings (SSSR count). The molecule has 20 heavy (non-hydrogen) atoms. The van der Waals surface area contributed by atoms with E-state index in [4.69, 9.17) is 16.6 Å². The topological polar surface area (TPSA) is 34.0 Å². The van der Waals surface area contributed by atoms with Gasteiger partial charge in [0.15, 0.2) is 5.65 Å². The van der Waals surface area contributed by atoms with Crippen LogP contribution in [0.15, 0.2) is 12.3 Å². The van der Waals surface area contributed by atoms with E-state index in [2.05, 4.69) is 42.3 Å². The fourth-order valence-electron chi connectivity index (χ4n) is 2.21. The molecule has 0 aromatic carbocycles. The van der Waals surface area contributed by atoms with E-state index in [-0.39, 0.29) is 0 Å². The molecule has 0 N–H and O–H groups in total. The van der Waals surface area contributed by atoms with Crippen molar-refractivity contribution < 1.29 is 0 Å². The Kier molecular flexibility index (Phi) is 5.00. The normalized spacial score (nSPS) is 11.9. The largest absolute Gasteiger partial charge is 0.311 e. The van der Waals surface area contributed by atoms with Gasteiger partial charge in [-0.3, -0.25) is 0 Å². The van der Waals surface area contributed by atoms with E-state index in [0.717, 1.165) is 36.5 Å². The molecule has 0 saturated carbocycles. The number of nitrogens with zero attached hydrogens (tertiary/aromatic N) is 4. The lowest BCUT2D eigenvalue weighted by atomic mass is 10.3. The van der Waals surface area contributed by atoms with Gasteiger partial charge >= 0.3 is 0 Å². The van der Waals surface area contributed by atoms with Crippen molar-refractivity contribution in [1.82, 2.24) is 19.4 Å². The highest BCUT2D eigenvalue weighted by molar-refractivity contribution is 6.17. The van der Waals surface area contributed by atoms with Crippen LogP contribution in [0.3, 0.4) is 0 Å². The summed E-state index contributed by atoms with van der Waals surface area (Å²) in [5.41, 5.74) is 3.14. The number of aryl methyl sites for hydroxylation is 2. The Labute approximate surface area is 125 Å². The van der Waals surface area contributed by atoms with E-state index in [1.54, 1.807) is 0 Å². The molecular formula is C15H23ClN4. The minimum atomic E-state index is 0.538. The van der Waals surface area contributed by atoms with Crippen LogP contribution in [-0.2, 0) is 13.0 Å². The zero-order valence-electron chi connectivity index (χ0n) is 12.7. The lowest BCUT2D eigenvalue weighted by Gasteiger charge is -2.21.